The minimum absolute atomic E-state index is 0.844. The van der Waals surface area contributed by atoms with E-state index < -0.39 is 0 Å². The van der Waals surface area contributed by atoms with Crippen LogP contribution in [0.1, 0.15) is 110 Å². The first-order chi connectivity index (χ1) is 14.3. The Kier molecular flexibility index (Phi) is 12.8. The minimum Gasteiger partial charge on any atom is -0.193 e. The molecule has 0 aromatic heterocycles. The molecule has 0 spiro atoms. The number of unbranched alkanes of at least 4 members (excludes halogenated alkanes) is 4. The summed E-state index contributed by atoms with van der Waals surface area (Å²) in [6.07, 6.45) is 35.4. The Labute approximate surface area is 181 Å². The summed E-state index contributed by atoms with van der Waals surface area (Å²) in [5.41, 5.74) is 0. The molecule has 1 heteroatoms. The van der Waals surface area contributed by atoms with E-state index in [9.17, 15) is 0 Å². The molecular formula is C28H45N. The lowest BCUT2D eigenvalue weighted by Crippen LogP contribution is -2.15. The highest BCUT2D eigenvalue weighted by Crippen LogP contribution is 2.35. The highest BCUT2D eigenvalue weighted by molar-refractivity contribution is 5.11. The van der Waals surface area contributed by atoms with Gasteiger partial charge in [0.2, 0.25) is 0 Å². The van der Waals surface area contributed by atoms with Crippen LogP contribution >= 0.6 is 0 Å². The largest absolute Gasteiger partial charge is 0.193 e. The van der Waals surface area contributed by atoms with Crippen LogP contribution < -0.4 is 0 Å². The fourth-order valence-electron chi connectivity index (χ4n) is 5.29. The van der Waals surface area contributed by atoms with Gasteiger partial charge in [0.15, 0.2) is 0 Å². The zero-order valence-electron chi connectivity index (χ0n) is 19.0. The molecule has 1 nitrogen and oxygen atoms in total. The Morgan fingerprint density at radius 2 is 1.31 bits per heavy atom. The molecule has 2 saturated carbocycles. The molecule has 2 aliphatic rings. The van der Waals surface area contributed by atoms with Crippen molar-refractivity contribution in [2.45, 2.75) is 110 Å². The van der Waals surface area contributed by atoms with Crippen molar-refractivity contribution in [3.8, 4) is 6.07 Å². The molecule has 0 atom stereocenters. The number of hydrogen-bond acceptors (Lipinski definition) is 1. The van der Waals surface area contributed by atoms with Crippen LogP contribution in [0.4, 0.5) is 0 Å². The van der Waals surface area contributed by atoms with Crippen LogP contribution in [0, 0.1) is 35.0 Å². The van der Waals surface area contributed by atoms with Crippen LogP contribution in [0.5, 0.6) is 0 Å². The molecule has 0 aliphatic heterocycles. The van der Waals surface area contributed by atoms with E-state index in [1.54, 1.807) is 0 Å². The minimum atomic E-state index is 0.844. The Hall–Kier alpha value is -1.29. The summed E-state index contributed by atoms with van der Waals surface area (Å²) in [6.45, 7) is 2.30. The second-order valence-electron chi connectivity index (χ2n) is 9.64. The number of hydrogen-bond donors (Lipinski definition) is 0. The third-order valence-electron chi connectivity index (χ3n) is 7.31. The zero-order chi connectivity index (χ0) is 20.6. The van der Waals surface area contributed by atoms with E-state index in [1.807, 2.05) is 18.2 Å². The average molecular weight is 396 g/mol. The van der Waals surface area contributed by atoms with E-state index in [2.05, 4.69) is 25.2 Å². The van der Waals surface area contributed by atoms with E-state index in [0.29, 0.717) is 0 Å². The first-order valence-corrected chi connectivity index (χ1v) is 12.7. The Bertz CT molecular complexity index is 519. The monoisotopic (exact) mass is 395 g/mol. The average Bonchev–Trinajstić information content (AvgIpc) is 2.76. The molecule has 2 aliphatic carbocycles. The van der Waals surface area contributed by atoms with Gasteiger partial charge in [-0.15, -0.1) is 0 Å². The molecule has 2 fully saturated rings. The molecule has 162 valence electrons. The maximum Gasteiger partial charge on any atom is 0.0912 e. The van der Waals surface area contributed by atoms with E-state index in [4.69, 9.17) is 5.26 Å². The summed E-state index contributed by atoms with van der Waals surface area (Å²) < 4.78 is 0. The molecular weight excluding hydrogens is 350 g/mol. The van der Waals surface area contributed by atoms with Gasteiger partial charge in [-0.3, -0.25) is 0 Å². The standard InChI is InChI=1S/C28H45N/c1-2-3-4-6-9-12-25-14-18-27(19-15-25)22-23-28-20-16-26(17-21-28)13-10-7-5-8-11-24-29/h5,7-8,11,22-23,25-28H,2-4,6,9-10,12-21H2,1H3/t25-,26-,27-,28-. The molecule has 0 heterocycles. The van der Waals surface area contributed by atoms with Crippen LogP contribution in [0.2, 0.25) is 0 Å². The first-order valence-electron chi connectivity index (χ1n) is 12.7. The summed E-state index contributed by atoms with van der Waals surface area (Å²) in [7, 11) is 0. The summed E-state index contributed by atoms with van der Waals surface area (Å²) in [5.74, 6) is 3.66. The zero-order valence-corrected chi connectivity index (χ0v) is 19.0. The molecule has 0 aromatic rings. The third-order valence-corrected chi connectivity index (χ3v) is 7.31. The van der Waals surface area contributed by atoms with Gasteiger partial charge in [-0.1, -0.05) is 75.8 Å². The van der Waals surface area contributed by atoms with Crippen LogP contribution in [-0.2, 0) is 0 Å². The molecule has 0 aromatic carbocycles. The topological polar surface area (TPSA) is 23.8 Å². The van der Waals surface area contributed by atoms with Crippen molar-refractivity contribution in [2.75, 3.05) is 0 Å². The highest BCUT2D eigenvalue weighted by atomic mass is 14.3. The lowest BCUT2D eigenvalue weighted by atomic mass is 9.77. The summed E-state index contributed by atoms with van der Waals surface area (Å²) in [6, 6.07) is 2.03. The molecule has 0 amide bonds. The maximum absolute atomic E-state index is 8.47. The maximum atomic E-state index is 8.47. The van der Waals surface area contributed by atoms with Crippen LogP contribution in [-0.4, -0.2) is 0 Å². The molecule has 0 unspecified atom stereocenters. The summed E-state index contributed by atoms with van der Waals surface area (Å²) in [5, 5.41) is 8.47. The Morgan fingerprint density at radius 3 is 1.90 bits per heavy atom. The highest BCUT2D eigenvalue weighted by Gasteiger charge is 2.21. The number of nitriles is 1. The van der Waals surface area contributed by atoms with Crippen molar-refractivity contribution in [3.63, 3.8) is 0 Å². The quantitative estimate of drug-likeness (QED) is 0.140. The Balaban J connectivity index is 1.53. The molecule has 0 N–H and O–H groups in total. The third kappa shape index (κ3) is 10.9. The van der Waals surface area contributed by atoms with Gasteiger partial charge < -0.3 is 0 Å². The van der Waals surface area contributed by atoms with Gasteiger partial charge in [0.05, 0.1) is 6.07 Å². The first kappa shape index (κ1) is 24.0. The van der Waals surface area contributed by atoms with Gasteiger partial charge >= 0.3 is 0 Å². The fraction of sp³-hybridized carbons (Fsp3) is 0.750. The van der Waals surface area contributed by atoms with Gasteiger partial charge in [-0.05, 0) is 87.9 Å². The van der Waals surface area contributed by atoms with E-state index >= 15 is 0 Å². The number of allylic oxidation sites excluding steroid dienone is 6. The lowest BCUT2D eigenvalue weighted by molar-refractivity contribution is 0.282. The molecule has 0 bridgehead atoms. The predicted octanol–water partition coefficient (Wildman–Crippen LogP) is 8.93. The SMILES string of the molecule is CCCCCCC[C@H]1CC[C@H](C=C[C@H]2CC[C@H](CCC=CC=CC#N)CC2)CC1. The van der Waals surface area contributed by atoms with Gasteiger partial charge in [-0.2, -0.15) is 5.26 Å². The molecule has 0 saturated heterocycles. The van der Waals surface area contributed by atoms with Crippen molar-refractivity contribution in [2.24, 2.45) is 23.7 Å². The van der Waals surface area contributed by atoms with Crippen LogP contribution in [0.25, 0.3) is 0 Å². The summed E-state index contributed by atoms with van der Waals surface area (Å²) in [4.78, 5) is 0. The predicted molar refractivity (Wildman–Crippen MR) is 127 cm³/mol. The number of nitrogens with zero attached hydrogens (tertiary/aromatic N) is 1. The number of rotatable bonds is 12. The van der Waals surface area contributed by atoms with E-state index in [-0.39, 0.29) is 0 Å². The van der Waals surface area contributed by atoms with Crippen LogP contribution in [0.3, 0.4) is 0 Å². The van der Waals surface area contributed by atoms with Crippen LogP contribution in [0.15, 0.2) is 36.5 Å². The molecule has 29 heavy (non-hydrogen) atoms. The Morgan fingerprint density at radius 1 is 0.724 bits per heavy atom. The van der Waals surface area contributed by atoms with Gasteiger partial charge in [-0.25, -0.2) is 0 Å². The normalized spacial score (nSPS) is 28.4. The second-order valence-corrected chi connectivity index (χ2v) is 9.64. The lowest BCUT2D eigenvalue weighted by Gasteiger charge is -2.29. The van der Waals surface area contributed by atoms with Crippen molar-refractivity contribution in [1.29, 1.82) is 5.26 Å². The van der Waals surface area contributed by atoms with E-state index in [0.717, 1.165) is 30.1 Å². The van der Waals surface area contributed by atoms with Gasteiger partial charge in [0, 0.05) is 6.08 Å². The molecule has 2 rings (SSSR count). The van der Waals surface area contributed by atoms with Crippen molar-refractivity contribution in [1.82, 2.24) is 0 Å². The van der Waals surface area contributed by atoms with Gasteiger partial charge in [0.1, 0.15) is 0 Å². The molecule has 0 radical (unpaired) electrons. The van der Waals surface area contributed by atoms with E-state index in [1.165, 1.54) is 102 Å². The van der Waals surface area contributed by atoms with Crippen molar-refractivity contribution < 1.29 is 0 Å². The van der Waals surface area contributed by atoms with Crippen molar-refractivity contribution >= 4 is 0 Å². The fourth-order valence-corrected chi connectivity index (χ4v) is 5.29. The summed E-state index contributed by atoms with van der Waals surface area (Å²) >= 11 is 0. The van der Waals surface area contributed by atoms with Gasteiger partial charge in [0.25, 0.3) is 0 Å². The van der Waals surface area contributed by atoms with Crippen molar-refractivity contribution in [3.05, 3.63) is 36.5 Å². The smallest absolute Gasteiger partial charge is 0.0912 e. The second kappa shape index (κ2) is 15.5.